The van der Waals surface area contributed by atoms with Crippen molar-refractivity contribution in [1.29, 1.82) is 0 Å². The fraction of sp³-hybridized carbons (Fsp3) is 0.370. The third-order valence-corrected chi connectivity index (χ3v) is 7.43. The Morgan fingerprint density at radius 2 is 1.80 bits per heavy atom. The van der Waals surface area contributed by atoms with Crippen LogP contribution in [0, 0.1) is 6.92 Å². The molecular formula is C27H31Cl2N3O2S. The van der Waals surface area contributed by atoms with E-state index >= 15 is 0 Å². The highest BCUT2D eigenvalue weighted by molar-refractivity contribution is 7.99. The number of aromatic nitrogens is 2. The Bertz CT molecular complexity index is 1270. The molecule has 3 aromatic rings. The summed E-state index contributed by atoms with van der Waals surface area (Å²) in [5.74, 6) is 0.0387. The van der Waals surface area contributed by atoms with E-state index in [0.717, 1.165) is 11.1 Å². The first-order chi connectivity index (χ1) is 16.5. The van der Waals surface area contributed by atoms with Crippen molar-refractivity contribution in [3.8, 4) is 0 Å². The molecule has 0 aliphatic carbocycles. The number of hydrogen-bond acceptors (Lipinski definition) is 4. The predicted molar refractivity (Wildman–Crippen MR) is 146 cm³/mol. The summed E-state index contributed by atoms with van der Waals surface area (Å²) in [5.41, 5.74) is 4.61. The normalized spacial score (nSPS) is 11.5. The van der Waals surface area contributed by atoms with Gasteiger partial charge in [0.1, 0.15) is 0 Å². The summed E-state index contributed by atoms with van der Waals surface area (Å²) in [7, 11) is 1.70. The summed E-state index contributed by atoms with van der Waals surface area (Å²) in [6, 6.07) is 13.7. The maximum absolute atomic E-state index is 13.1. The van der Waals surface area contributed by atoms with Crippen LogP contribution in [0.1, 0.15) is 48.7 Å². The summed E-state index contributed by atoms with van der Waals surface area (Å²) in [6.07, 6.45) is 1.13. The van der Waals surface area contributed by atoms with Crippen LogP contribution in [0.25, 0.3) is 0 Å². The fourth-order valence-corrected chi connectivity index (χ4v) is 4.97. The lowest BCUT2D eigenvalue weighted by molar-refractivity contribution is -0.118. The lowest BCUT2D eigenvalue weighted by atomic mass is 9.86. The molecular weight excluding hydrogens is 501 g/mol. The van der Waals surface area contributed by atoms with E-state index in [4.69, 9.17) is 23.2 Å². The minimum Gasteiger partial charge on any atom is -0.355 e. The number of rotatable bonds is 8. The fourth-order valence-electron chi connectivity index (χ4n) is 3.63. The molecule has 0 spiro atoms. The SMILES string of the molecule is Cc1nc(SCC(=O)NCCc2ccc(Cl)cc2Cl)n(C)c(=O)c1Cc1ccc(C(C)(C)C)cc1. The summed E-state index contributed by atoms with van der Waals surface area (Å²) >= 11 is 13.3. The first-order valence-corrected chi connectivity index (χ1v) is 13.2. The number of nitrogens with zero attached hydrogens (tertiary/aromatic N) is 2. The number of aryl methyl sites for hydroxylation is 1. The molecule has 0 aliphatic heterocycles. The van der Waals surface area contributed by atoms with Gasteiger partial charge in [-0.15, -0.1) is 0 Å². The van der Waals surface area contributed by atoms with Crippen LogP contribution in [0.4, 0.5) is 0 Å². The molecule has 186 valence electrons. The number of amides is 1. The van der Waals surface area contributed by atoms with E-state index in [1.807, 2.05) is 13.0 Å². The molecule has 1 heterocycles. The average Bonchev–Trinajstić information content (AvgIpc) is 2.79. The first-order valence-electron chi connectivity index (χ1n) is 11.4. The summed E-state index contributed by atoms with van der Waals surface area (Å²) in [4.78, 5) is 30.0. The molecule has 0 bridgehead atoms. The van der Waals surface area contributed by atoms with Crippen LogP contribution in [0.3, 0.4) is 0 Å². The number of benzene rings is 2. The van der Waals surface area contributed by atoms with E-state index in [2.05, 4.69) is 55.3 Å². The van der Waals surface area contributed by atoms with Crippen molar-refractivity contribution in [3.63, 3.8) is 0 Å². The number of carbonyl (C=O) groups excluding carboxylic acids is 1. The lowest BCUT2D eigenvalue weighted by Crippen LogP contribution is -2.29. The third-order valence-electron chi connectivity index (χ3n) is 5.81. The molecule has 5 nitrogen and oxygen atoms in total. The second-order valence-corrected chi connectivity index (χ2v) is 11.4. The number of thioether (sulfide) groups is 1. The predicted octanol–water partition coefficient (Wildman–Crippen LogP) is 5.73. The zero-order valence-electron chi connectivity index (χ0n) is 20.7. The Labute approximate surface area is 221 Å². The van der Waals surface area contributed by atoms with E-state index in [0.29, 0.717) is 45.8 Å². The number of carbonyl (C=O) groups is 1. The summed E-state index contributed by atoms with van der Waals surface area (Å²) in [5, 5.41) is 4.57. The van der Waals surface area contributed by atoms with Crippen molar-refractivity contribution in [1.82, 2.24) is 14.9 Å². The summed E-state index contributed by atoms with van der Waals surface area (Å²) < 4.78 is 1.53. The number of halogens is 2. The molecule has 35 heavy (non-hydrogen) atoms. The van der Waals surface area contributed by atoms with Crippen molar-refractivity contribution in [2.45, 2.75) is 51.1 Å². The van der Waals surface area contributed by atoms with Gasteiger partial charge in [-0.2, -0.15) is 0 Å². The highest BCUT2D eigenvalue weighted by Gasteiger charge is 2.16. The third kappa shape index (κ3) is 7.35. The molecule has 3 rings (SSSR count). The van der Waals surface area contributed by atoms with Gasteiger partial charge >= 0.3 is 0 Å². The zero-order chi connectivity index (χ0) is 25.8. The van der Waals surface area contributed by atoms with Crippen molar-refractivity contribution < 1.29 is 4.79 Å². The molecule has 0 aliphatic rings. The molecule has 1 aromatic heterocycles. The number of hydrogen-bond donors (Lipinski definition) is 1. The Balaban J connectivity index is 1.59. The van der Waals surface area contributed by atoms with E-state index in [-0.39, 0.29) is 22.6 Å². The molecule has 0 fully saturated rings. The molecule has 1 N–H and O–H groups in total. The van der Waals surface area contributed by atoms with Crippen LogP contribution in [0.2, 0.25) is 10.0 Å². The van der Waals surface area contributed by atoms with Crippen molar-refractivity contribution in [2.75, 3.05) is 12.3 Å². The van der Waals surface area contributed by atoms with Gasteiger partial charge in [-0.1, -0.05) is 86.1 Å². The second kappa shape index (κ2) is 11.6. The molecule has 0 saturated carbocycles. The second-order valence-electron chi connectivity index (χ2n) is 9.57. The quantitative estimate of drug-likeness (QED) is 0.297. The van der Waals surface area contributed by atoms with Gasteiger partial charge < -0.3 is 5.32 Å². The van der Waals surface area contributed by atoms with Crippen molar-refractivity contribution in [2.24, 2.45) is 7.05 Å². The molecule has 1 amide bonds. The van der Waals surface area contributed by atoms with E-state index in [1.165, 1.54) is 21.9 Å². The zero-order valence-corrected chi connectivity index (χ0v) is 23.1. The van der Waals surface area contributed by atoms with Gasteiger partial charge in [0.25, 0.3) is 5.56 Å². The molecule has 0 unspecified atom stereocenters. The minimum atomic E-state index is -0.130. The Hall–Kier alpha value is -2.28. The highest BCUT2D eigenvalue weighted by Crippen LogP contribution is 2.24. The Kier molecular flexibility index (Phi) is 9.08. The van der Waals surface area contributed by atoms with Gasteiger partial charge in [-0.3, -0.25) is 14.2 Å². The maximum Gasteiger partial charge on any atom is 0.257 e. The standard InChI is InChI=1S/C27H31Cl2N3O2S/c1-17-22(14-18-6-9-20(10-7-18)27(2,3)4)25(34)32(5)26(31-17)35-16-24(33)30-13-12-19-8-11-21(28)15-23(19)29/h6-11,15H,12-14,16H2,1-5H3,(H,30,33). The van der Waals surface area contributed by atoms with Gasteiger partial charge in [0, 0.05) is 41.3 Å². The van der Waals surface area contributed by atoms with E-state index in [9.17, 15) is 9.59 Å². The molecule has 8 heteroatoms. The molecule has 2 aromatic carbocycles. The summed E-state index contributed by atoms with van der Waals surface area (Å²) in [6.45, 7) is 8.84. The molecule has 0 atom stereocenters. The van der Waals surface area contributed by atoms with Crippen LogP contribution >= 0.6 is 35.0 Å². The van der Waals surface area contributed by atoms with Gasteiger partial charge in [0.2, 0.25) is 5.91 Å². The largest absolute Gasteiger partial charge is 0.355 e. The minimum absolute atomic E-state index is 0.0835. The van der Waals surface area contributed by atoms with Crippen LogP contribution < -0.4 is 10.9 Å². The van der Waals surface area contributed by atoms with Gasteiger partial charge in [0.15, 0.2) is 5.16 Å². The van der Waals surface area contributed by atoms with Crippen molar-refractivity contribution in [3.05, 3.63) is 90.8 Å². The van der Waals surface area contributed by atoms with Crippen LogP contribution in [-0.2, 0) is 30.1 Å². The first kappa shape index (κ1) is 27.3. The topological polar surface area (TPSA) is 64.0 Å². The van der Waals surface area contributed by atoms with Gasteiger partial charge in [0.05, 0.1) is 5.75 Å². The smallest absolute Gasteiger partial charge is 0.257 e. The van der Waals surface area contributed by atoms with Gasteiger partial charge in [-0.25, -0.2) is 4.98 Å². The molecule has 0 radical (unpaired) electrons. The van der Waals surface area contributed by atoms with Gasteiger partial charge in [-0.05, 0) is 47.6 Å². The number of nitrogens with one attached hydrogen (secondary N) is 1. The average molecular weight is 533 g/mol. The molecule has 0 saturated heterocycles. The van der Waals surface area contributed by atoms with Crippen LogP contribution in [0.15, 0.2) is 52.4 Å². The van der Waals surface area contributed by atoms with Crippen molar-refractivity contribution >= 4 is 40.9 Å². The van der Waals surface area contributed by atoms with E-state index < -0.39 is 0 Å². The lowest BCUT2D eigenvalue weighted by Gasteiger charge is -2.19. The van der Waals surface area contributed by atoms with Crippen LogP contribution in [-0.4, -0.2) is 27.8 Å². The maximum atomic E-state index is 13.1. The monoisotopic (exact) mass is 531 g/mol. The Morgan fingerprint density at radius 1 is 1.11 bits per heavy atom. The van der Waals surface area contributed by atoms with E-state index in [1.54, 1.807) is 19.2 Å². The highest BCUT2D eigenvalue weighted by atomic mass is 35.5. The Morgan fingerprint density at radius 3 is 2.43 bits per heavy atom. The van der Waals surface area contributed by atoms with Crippen LogP contribution in [0.5, 0.6) is 0 Å².